The number of imide groups is 1. The van der Waals surface area contributed by atoms with Gasteiger partial charge in [0.05, 0.1) is 11.6 Å². The molecule has 0 radical (unpaired) electrons. The van der Waals surface area contributed by atoms with Crippen LogP contribution in [0.4, 0.5) is 10.1 Å². The van der Waals surface area contributed by atoms with Crippen molar-refractivity contribution in [2.24, 2.45) is 5.92 Å². The Balaban J connectivity index is 1.69. The number of ether oxygens (including phenoxy) is 1. The fourth-order valence-corrected chi connectivity index (χ4v) is 4.65. The zero-order chi connectivity index (χ0) is 21.8. The molecular formula is C24H15ClFNO4. The van der Waals surface area contributed by atoms with Crippen LogP contribution in [0, 0.1) is 11.7 Å². The van der Waals surface area contributed by atoms with Crippen molar-refractivity contribution >= 4 is 35.1 Å². The third kappa shape index (κ3) is 2.79. The summed E-state index contributed by atoms with van der Waals surface area (Å²) in [6, 6.07) is 18.6. The van der Waals surface area contributed by atoms with Crippen LogP contribution >= 0.6 is 11.6 Å². The number of amides is 2. The Labute approximate surface area is 182 Å². The lowest BCUT2D eigenvalue weighted by Crippen LogP contribution is -2.46. The van der Waals surface area contributed by atoms with E-state index < -0.39 is 34.9 Å². The van der Waals surface area contributed by atoms with Crippen molar-refractivity contribution in [1.82, 2.24) is 0 Å². The zero-order valence-corrected chi connectivity index (χ0v) is 16.8. The average molecular weight is 436 g/mol. The van der Waals surface area contributed by atoms with Gasteiger partial charge in [-0.15, -0.1) is 0 Å². The lowest BCUT2D eigenvalue weighted by atomic mass is 9.66. The molecule has 2 aliphatic heterocycles. The minimum Gasteiger partial charge on any atom is -0.425 e. The minimum atomic E-state index is -1.50. The van der Waals surface area contributed by atoms with Crippen LogP contribution in [0.5, 0.6) is 5.75 Å². The summed E-state index contributed by atoms with van der Waals surface area (Å²) in [7, 11) is 0. The number of benzene rings is 3. The third-order valence-electron chi connectivity index (χ3n) is 5.89. The topological polar surface area (TPSA) is 63.7 Å². The highest BCUT2D eigenvalue weighted by Gasteiger charge is 2.62. The van der Waals surface area contributed by atoms with Gasteiger partial charge in [0.2, 0.25) is 11.8 Å². The summed E-state index contributed by atoms with van der Waals surface area (Å²) >= 11 is 6.05. The van der Waals surface area contributed by atoms with Crippen molar-refractivity contribution in [3.63, 3.8) is 0 Å². The summed E-state index contributed by atoms with van der Waals surface area (Å²) in [5.74, 6) is -2.79. The number of hydrogen-bond donors (Lipinski definition) is 0. The summed E-state index contributed by atoms with van der Waals surface area (Å²) in [5, 5.41) is 0.473. The predicted octanol–water partition coefficient (Wildman–Crippen LogP) is 4.26. The fourth-order valence-electron chi connectivity index (χ4n) is 4.52. The molecule has 2 atom stereocenters. The van der Waals surface area contributed by atoms with E-state index >= 15 is 0 Å². The first-order chi connectivity index (χ1) is 14.9. The molecule has 154 valence electrons. The van der Waals surface area contributed by atoms with Gasteiger partial charge < -0.3 is 4.74 Å². The lowest BCUT2D eigenvalue weighted by molar-refractivity contribution is -0.141. The van der Waals surface area contributed by atoms with Crippen LogP contribution in [0.1, 0.15) is 17.5 Å². The molecule has 1 saturated heterocycles. The average Bonchev–Trinajstić information content (AvgIpc) is 3.22. The molecule has 0 saturated carbocycles. The van der Waals surface area contributed by atoms with Gasteiger partial charge in [-0.3, -0.25) is 19.3 Å². The Morgan fingerprint density at radius 1 is 0.935 bits per heavy atom. The molecule has 3 aromatic rings. The van der Waals surface area contributed by atoms with Crippen LogP contribution in [-0.2, 0) is 19.8 Å². The second-order valence-electron chi connectivity index (χ2n) is 7.50. The van der Waals surface area contributed by atoms with Crippen LogP contribution in [0.3, 0.4) is 0 Å². The quantitative estimate of drug-likeness (QED) is 0.350. The van der Waals surface area contributed by atoms with Crippen molar-refractivity contribution in [1.29, 1.82) is 0 Å². The van der Waals surface area contributed by atoms with Gasteiger partial charge in [-0.05, 0) is 48.0 Å². The standard InChI is InChI=1S/C24H15ClFNO4/c25-15-7-5-14(6-8-15)24(18-3-1-2-4-20(18)31-23(24)30)19-13-21(28)27(22(19)29)17-11-9-16(26)10-12-17/h1-12,19H,13H2/t19-,24+/m1/s1. The van der Waals surface area contributed by atoms with Gasteiger partial charge in [-0.25, -0.2) is 4.39 Å². The molecule has 2 amide bonds. The third-order valence-corrected chi connectivity index (χ3v) is 6.14. The Hall–Kier alpha value is -3.51. The second kappa shape index (κ2) is 7.03. The number of halogens is 2. The highest BCUT2D eigenvalue weighted by molar-refractivity contribution is 6.30. The smallest absolute Gasteiger partial charge is 0.327 e. The SMILES string of the molecule is O=C1C[C@@H]([C@@]2(c3ccc(Cl)cc3)C(=O)Oc3ccccc32)C(=O)N1c1ccc(F)cc1. The number of fused-ring (bicyclic) bond motifs is 1. The predicted molar refractivity (Wildman–Crippen MR) is 111 cm³/mol. The molecule has 0 aliphatic carbocycles. The maximum atomic E-state index is 13.6. The second-order valence-corrected chi connectivity index (χ2v) is 7.94. The summed E-state index contributed by atoms with van der Waals surface area (Å²) in [5.41, 5.74) is -0.207. The van der Waals surface area contributed by atoms with E-state index in [4.69, 9.17) is 16.3 Å². The number of rotatable bonds is 3. The molecule has 1 fully saturated rings. The minimum absolute atomic E-state index is 0.192. The monoisotopic (exact) mass is 435 g/mol. The van der Waals surface area contributed by atoms with Crippen LogP contribution in [-0.4, -0.2) is 17.8 Å². The number of carbonyl (C=O) groups is 3. The van der Waals surface area contributed by atoms with Crippen molar-refractivity contribution in [2.75, 3.05) is 4.90 Å². The van der Waals surface area contributed by atoms with E-state index in [1.807, 2.05) is 0 Å². The molecule has 0 aromatic heterocycles. The van der Waals surface area contributed by atoms with Crippen molar-refractivity contribution in [3.8, 4) is 5.75 Å². The molecule has 7 heteroatoms. The van der Waals surface area contributed by atoms with Crippen LogP contribution in [0.25, 0.3) is 0 Å². The summed E-state index contributed by atoms with van der Waals surface area (Å²) in [6.07, 6.45) is -0.192. The fraction of sp³-hybridized carbons (Fsp3) is 0.125. The largest absolute Gasteiger partial charge is 0.425 e. The molecular weight excluding hydrogens is 421 g/mol. The van der Waals surface area contributed by atoms with E-state index in [9.17, 15) is 18.8 Å². The number of hydrogen-bond acceptors (Lipinski definition) is 4. The molecule has 5 rings (SSSR count). The van der Waals surface area contributed by atoms with Crippen LogP contribution < -0.4 is 9.64 Å². The number of anilines is 1. The van der Waals surface area contributed by atoms with Crippen LogP contribution in [0.15, 0.2) is 72.8 Å². The molecule has 0 N–H and O–H groups in total. The van der Waals surface area contributed by atoms with Crippen LogP contribution in [0.2, 0.25) is 5.02 Å². The summed E-state index contributed by atoms with van der Waals surface area (Å²) in [4.78, 5) is 40.9. The van der Waals surface area contributed by atoms with E-state index in [2.05, 4.69) is 0 Å². The highest BCUT2D eigenvalue weighted by atomic mass is 35.5. The van der Waals surface area contributed by atoms with Crippen molar-refractivity contribution < 1.29 is 23.5 Å². The van der Waals surface area contributed by atoms with E-state index in [1.54, 1.807) is 48.5 Å². The highest BCUT2D eigenvalue weighted by Crippen LogP contribution is 2.52. The van der Waals surface area contributed by atoms with Gasteiger partial charge in [0.15, 0.2) is 0 Å². The summed E-state index contributed by atoms with van der Waals surface area (Å²) < 4.78 is 18.9. The van der Waals surface area contributed by atoms with E-state index in [-0.39, 0.29) is 12.1 Å². The van der Waals surface area contributed by atoms with E-state index in [0.29, 0.717) is 21.9 Å². The van der Waals surface area contributed by atoms with Gasteiger partial charge in [0, 0.05) is 17.0 Å². The molecule has 0 spiro atoms. The van der Waals surface area contributed by atoms with Crippen molar-refractivity contribution in [2.45, 2.75) is 11.8 Å². The number of carbonyl (C=O) groups excluding carboxylic acids is 3. The van der Waals surface area contributed by atoms with Gasteiger partial charge >= 0.3 is 5.97 Å². The maximum Gasteiger partial charge on any atom is 0.327 e. The maximum absolute atomic E-state index is 13.6. The molecule has 3 aromatic carbocycles. The molecule has 2 aliphatic rings. The Morgan fingerprint density at radius 2 is 1.61 bits per heavy atom. The molecule has 2 heterocycles. The normalized spacial score (nSPS) is 22.6. The molecule has 31 heavy (non-hydrogen) atoms. The Kier molecular flexibility index (Phi) is 4.41. The lowest BCUT2D eigenvalue weighted by Gasteiger charge is -2.31. The number of nitrogens with zero attached hydrogens (tertiary/aromatic N) is 1. The number of esters is 1. The van der Waals surface area contributed by atoms with Gasteiger partial charge in [0.25, 0.3) is 0 Å². The zero-order valence-electron chi connectivity index (χ0n) is 16.0. The Bertz CT molecular complexity index is 1230. The van der Waals surface area contributed by atoms with E-state index in [1.165, 1.54) is 24.3 Å². The van der Waals surface area contributed by atoms with Gasteiger partial charge in [-0.2, -0.15) is 0 Å². The first-order valence-electron chi connectivity index (χ1n) is 9.63. The molecule has 0 unspecified atom stereocenters. The first-order valence-corrected chi connectivity index (χ1v) is 10.0. The summed E-state index contributed by atoms with van der Waals surface area (Å²) in [6.45, 7) is 0. The molecule has 5 nitrogen and oxygen atoms in total. The number of para-hydroxylation sites is 1. The van der Waals surface area contributed by atoms with E-state index in [0.717, 1.165) is 4.90 Å². The van der Waals surface area contributed by atoms with Crippen molar-refractivity contribution in [3.05, 3.63) is 94.8 Å². The van der Waals surface area contributed by atoms with Gasteiger partial charge in [0.1, 0.15) is 17.0 Å². The van der Waals surface area contributed by atoms with Gasteiger partial charge in [-0.1, -0.05) is 41.9 Å². The Morgan fingerprint density at radius 3 is 2.32 bits per heavy atom. The molecule has 0 bridgehead atoms. The first kappa shape index (κ1) is 19.5.